The Labute approximate surface area is 118 Å². The number of amides is 1. The zero-order valence-electron chi connectivity index (χ0n) is 11.1. The summed E-state index contributed by atoms with van der Waals surface area (Å²) in [5, 5.41) is 13.1. The zero-order chi connectivity index (χ0) is 15.3. The Hall–Kier alpha value is -1.83. The van der Waals surface area contributed by atoms with Gasteiger partial charge >= 0.3 is 0 Å². The quantitative estimate of drug-likeness (QED) is 0.638. The summed E-state index contributed by atoms with van der Waals surface area (Å²) >= 11 is 0. The van der Waals surface area contributed by atoms with Gasteiger partial charge in [-0.1, -0.05) is 6.92 Å². The van der Waals surface area contributed by atoms with E-state index in [0.717, 1.165) is 18.2 Å². The molecule has 0 saturated carbocycles. The zero-order valence-corrected chi connectivity index (χ0v) is 11.9. The molecule has 8 heteroatoms. The largest absolute Gasteiger partial charge is 0.352 e. The van der Waals surface area contributed by atoms with Crippen LogP contribution in [0.4, 0.5) is 10.1 Å². The highest BCUT2D eigenvalue weighted by Gasteiger charge is 2.20. The maximum Gasteiger partial charge on any atom is 0.282 e. The van der Waals surface area contributed by atoms with E-state index < -0.39 is 33.1 Å². The van der Waals surface area contributed by atoms with Crippen molar-refractivity contribution in [3.05, 3.63) is 39.7 Å². The van der Waals surface area contributed by atoms with Crippen molar-refractivity contribution >= 4 is 22.4 Å². The number of benzene rings is 1. The third-order valence-corrected chi connectivity index (χ3v) is 4.17. The summed E-state index contributed by atoms with van der Waals surface area (Å²) in [4.78, 5) is 21.8. The molecule has 0 saturated heterocycles. The molecule has 1 aromatic rings. The summed E-state index contributed by atoms with van der Waals surface area (Å²) in [5.74, 6) is -1.44. The molecule has 2 unspecified atom stereocenters. The van der Waals surface area contributed by atoms with Gasteiger partial charge in [-0.15, -0.1) is 0 Å². The average Bonchev–Trinajstić information content (AvgIpc) is 2.37. The topological polar surface area (TPSA) is 89.3 Å². The van der Waals surface area contributed by atoms with Crippen molar-refractivity contribution in [1.29, 1.82) is 0 Å². The molecule has 110 valence electrons. The van der Waals surface area contributed by atoms with Gasteiger partial charge in [0.2, 0.25) is 0 Å². The monoisotopic (exact) mass is 302 g/mol. The first-order chi connectivity index (χ1) is 9.32. The van der Waals surface area contributed by atoms with E-state index in [-0.39, 0.29) is 17.4 Å². The lowest BCUT2D eigenvalue weighted by atomic mass is 10.1. The normalized spacial score (nSPS) is 13.6. The van der Waals surface area contributed by atoms with E-state index in [9.17, 15) is 23.5 Å². The van der Waals surface area contributed by atoms with Gasteiger partial charge in [-0.2, -0.15) is 0 Å². The molecular weight excluding hydrogens is 287 g/mol. The number of rotatable bonds is 6. The SMILES string of the molecule is CC(CCNC(=O)c1cc(F)ccc1[N+](=O)[O-])S(C)=O. The summed E-state index contributed by atoms with van der Waals surface area (Å²) in [7, 11) is -1.00. The lowest BCUT2D eigenvalue weighted by molar-refractivity contribution is -0.385. The predicted molar refractivity (Wildman–Crippen MR) is 73.5 cm³/mol. The Morgan fingerprint density at radius 3 is 2.75 bits per heavy atom. The highest BCUT2D eigenvalue weighted by molar-refractivity contribution is 7.84. The van der Waals surface area contributed by atoms with Gasteiger partial charge in [-0.25, -0.2) is 4.39 Å². The molecule has 20 heavy (non-hydrogen) atoms. The molecule has 0 radical (unpaired) electrons. The number of carbonyl (C=O) groups is 1. The van der Waals surface area contributed by atoms with Crippen LogP contribution < -0.4 is 5.32 Å². The Kier molecular flexibility index (Phi) is 5.75. The van der Waals surface area contributed by atoms with Crippen molar-refractivity contribution in [2.24, 2.45) is 0 Å². The van der Waals surface area contributed by atoms with Crippen molar-refractivity contribution in [3.63, 3.8) is 0 Å². The minimum Gasteiger partial charge on any atom is -0.352 e. The van der Waals surface area contributed by atoms with Crippen LogP contribution in [0, 0.1) is 15.9 Å². The maximum atomic E-state index is 13.1. The van der Waals surface area contributed by atoms with Gasteiger partial charge < -0.3 is 5.32 Å². The molecule has 0 aliphatic carbocycles. The summed E-state index contributed by atoms with van der Waals surface area (Å²) in [6, 6.07) is 2.71. The fourth-order valence-corrected chi connectivity index (χ4v) is 1.95. The molecule has 0 bridgehead atoms. The maximum absolute atomic E-state index is 13.1. The van der Waals surface area contributed by atoms with Crippen LogP contribution >= 0.6 is 0 Å². The first kappa shape index (κ1) is 16.2. The number of nitro benzene ring substituents is 1. The van der Waals surface area contributed by atoms with Gasteiger partial charge in [-0.3, -0.25) is 19.1 Å². The molecule has 0 fully saturated rings. The molecule has 1 amide bonds. The van der Waals surface area contributed by atoms with E-state index in [1.54, 1.807) is 13.2 Å². The summed E-state index contributed by atoms with van der Waals surface area (Å²) in [6.45, 7) is 1.99. The Balaban J connectivity index is 2.75. The lowest BCUT2D eigenvalue weighted by Gasteiger charge is -2.09. The Morgan fingerprint density at radius 1 is 1.55 bits per heavy atom. The number of hydrogen-bond donors (Lipinski definition) is 1. The van der Waals surface area contributed by atoms with Crippen LogP contribution in [0.15, 0.2) is 18.2 Å². The van der Waals surface area contributed by atoms with Crippen molar-refractivity contribution in [2.45, 2.75) is 18.6 Å². The van der Waals surface area contributed by atoms with E-state index in [0.29, 0.717) is 6.42 Å². The van der Waals surface area contributed by atoms with Gasteiger partial charge in [0.25, 0.3) is 11.6 Å². The van der Waals surface area contributed by atoms with E-state index in [4.69, 9.17) is 0 Å². The molecule has 0 heterocycles. The number of nitrogens with zero attached hydrogens (tertiary/aromatic N) is 1. The lowest BCUT2D eigenvalue weighted by Crippen LogP contribution is -2.28. The highest BCUT2D eigenvalue weighted by Crippen LogP contribution is 2.19. The molecule has 2 atom stereocenters. The van der Waals surface area contributed by atoms with Crippen molar-refractivity contribution in [1.82, 2.24) is 5.32 Å². The summed E-state index contributed by atoms with van der Waals surface area (Å²) in [5.41, 5.74) is -0.767. The van der Waals surface area contributed by atoms with Gasteiger partial charge in [0, 0.05) is 34.9 Å². The first-order valence-electron chi connectivity index (χ1n) is 5.87. The van der Waals surface area contributed by atoms with Crippen LogP contribution in [0.3, 0.4) is 0 Å². The molecule has 1 rings (SSSR count). The molecule has 0 aliphatic heterocycles. The smallest absolute Gasteiger partial charge is 0.282 e. The van der Waals surface area contributed by atoms with Crippen LogP contribution in [0.2, 0.25) is 0 Å². The third kappa shape index (κ3) is 4.37. The van der Waals surface area contributed by atoms with Crippen LogP contribution in [0.1, 0.15) is 23.7 Å². The molecule has 1 N–H and O–H groups in total. The van der Waals surface area contributed by atoms with E-state index in [1.807, 2.05) is 0 Å². The molecule has 1 aromatic carbocycles. The second kappa shape index (κ2) is 7.09. The molecular formula is C12H15FN2O4S. The second-order valence-electron chi connectivity index (χ2n) is 4.27. The van der Waals surface area contributed by atoms with Crippen LogP contribution in [-0.2, 0) is 10.8 Å². The number of nitrogens with one attached hydrogen (secondary N) is 1. The average molecular weight is 302 g/mol. The van der Waals surface area contributed by atoms with Crippen molar-refractivity contribution in [3.8, 4) is 0 Å². The Morgan fingerprint density at radius 2 is 2.20 bits per heavy atom. The molecule has 0 spiro atoms. The molecule has 0 aromatic heterocycles. The summed E-state index contributed by atoms with van der Waals surface area (Å²) < 4.78 is 24.2. The van der Waals surface area contributed by atoms with Crippen molar-refractivity contribution < 1.29 is 18.3 Å². The van der Waals surface area contributed by atoms with E-state index in [2.05, 4.69) is 5.32 Å². The summed E-state index contributed by atoms with van der Waals surface area (Å²) in [6.07, 6.45) is 2.03. The highest BCUT2D eigenvalue weighted by atomic mass is 32.2. The van der Waals surface area contributed by atoms with Crippen LogP contribution in [0.5, 0.6) is 0 Å². The number of hydrogen-bond acceptors (Lipinski definition) is 4. The molecule has 6 nitrogen and oxygen atoms in total. The number of halogens is 1. The predicted octanol–water partition coefficient (Wildman–Crippen LogP) is 1.62. The van der Waals surface area contributed by atoms with Gasteiger partial charge in [0.05, 0.1) is 4.92 Å². The van der Waals surface area contributed by atoms with Gasteiger partial charge in [0.1, 0.15) is 11.4 Å². The van der Waals surface area contributed by atoms with Gasteiger partial charge in [0.15, 0.2) is 0 Å². The number of carbonyl (C=O) groups excluding carboxylic acids is 1. The van der Waals surface area contributed by atoms with Crippen LogP contribution in [0.25, 0.3) is 0 Å². The first-order valence-corrected chi connectivity index (χ1v) is 7.49. The van der Waals surface area contributed by atoms with Crippen molar-refractivity contribution in [2.75, 3.05) is 12.8 Å². The minimum atomic E-state index is -1.00. The van der Waals surface area contributed by atoms with Gasteiger partial charge in [-0.05, 0) is 18.6 Å². The van der Waals surface area contributed by atoms with Crippen LogP contribution in [-0.4, -0.2) is 33.1 Å². The minimum absolute atomic E-state index is 0.0993. The Bertz CT molecular complexity index is 550. The standard InChI is InChI=1S/C12H15FN2O4S/c1-8(20(2)19)5-6-14-12(16)10-7-9(13)3-4-11(10)15(17)18/h3-4,7-8H,5-6H2,1-2H3,(H,14,16). The second-order valence-corrected chi connectivity index (χ2v) is 6.07. The molecule has 0 aliphatic rings. The fraction of sp³-hybridized carbons (Fsp3) is 0.417. The third-order valence-electron chi connectivity index (χ3n) is 2.80. The fourth-order valence-electron chi connectivity index (χ4n) is 1.50. The van der Waals surface area contributed by atoms with E-state index in [1.165, 1.54) is 0 Å². The number of nitro groups is 1. The van der Waals surface area contributed by atoms with E-state index >= 15 is 0 Å².